The van der Waals surface area contributed by atoms with Crippen molar-refractivity contribution in [3.63, 3.8) is 0 Å². The molecular weight excluding hydrogens is 543 g/mol. The van der Waals surface area contributed by atoms with Crippen LogP contribution in [0.25, 0.3) is 16.8 Å². The van der Waals surface area contributed by atoms with Crippen molar-refractivity contribution in [3.05, 3.63) is 102 Å². The summed E-state index contributed by atoms with van der Waals surface area (Å²) in [4.78, 5) is 28.3. The van der Waals surface area contributed by atoms with E-state index >= 15 is 0 Å². The molecule has 1 amide bonds. The fourth-order valence-corrected chi connectivity index (χ4v) is 5.59. The van der Waals surface area contributed by atoms with E-state index in [0.29, 0.717) is 22.7 Å². The summed E-state index contributed by atoms with van der Waals surface area (Å²) in [6.45, 7) is 0. The lowest BCUT2D eigenvalue weighted by atomic mass is 9.85. The normalized spacial score (nSPS) is 17.3. The first-order valence-electron chi connectivity index (χ1n) is 13.6. The first kappa shape index (κ1) is 27.4. The first-order chi connectivity index (χ1) is 20.2. The number of halogens is 3. The molecule has 0 spiro atoms. The number of nitrogen functional groups attached to an aromatic ring is 1. The number of pyridine rings is 1. The second kappa shape index (κ2) is 10.9. The Labute approximate surface area is 239 Å². The summed E-state index contributed by atoms with van der Waals surface area (Å²) in [5, 5.41) is 0. The van der Waals surface area contributed by atoms with Crippen molar-refractivity contribution in [1.82, 2.24) is 19.4 Å². The highest BCUT2D eigenvalue weighted by atomic mass is 19.4. The number of rotatable bonds is 5. The molecule has 0 radical (unpaired) electrons. The van der Waals surface area contributed by atoms with Crippen molar-refractivity contribution in [2.45, 2.75) is 43.8 Å². The average Bonchev–Trinajstić information content (AvgIpc) is 3.39. The summed E-state index contributed by atoms with van der Waals surface area (Å²) in [5.74, 6) is 0.705. The van der Waals surface area contributed by atoms with Gasteiger partial charge in [-0.15, -0.1) is 0 Å². The number of aromatic nitrogens is 4. The van der Waals surface area contributed by atoms with Crippen LogP contribution in [0.5, 0.6) is 0 Å². The molecule has 0 saturated heterocycles. The summed E-state index contributed by atoms with van der Waals surface area (Å²) in [6.07, 6.45) is 3.75. The number of carbonyl (C=O) groups excluding carboxylic acids is 1. The lowest BCUT2D eigenvalue weighted by Crippen LogP contribution is -2.27. The average molecular weight is 572 g/mol. The minimum Gasteiger partial charge on any atom is -0.382 e. The van der Waals surface area contributed by atoms with Crippen molar-refractivity contribution >= 4 is 28.7 Å². The Morgan fingerprint density at radius 3 is 2.45 bits per heavy atom. The highest BCUT2D eigenvalue weighted by molar-refractivity contribution is 6.10. The van der Waals surface area contributed by atoms with E-state index < -0.39 is 17.6 Å². The minimum atomic E-state index is -4.59. The number of amides is 1. The van der Waals surface area contributed by atoms with Crippen LogP contribution in [0.1, 0.15) is 53.3 Å². The van der Waals surface area contributed by atoms with E-state index in [9.17, 15) is 18.0 Å². The number of nitrogens with zero attached hydrogens (tertiary/aromatic N) is 5. The Bertz CT molecular complexity index is 1740. The number of nitrogens with two attached hydrogens (primary N) is 2. The van der Waals surface area contributed by atoms with E-state index in [1.165, 1.54) is 4.90 Å². The summed E-state index contributed by atoms with van der Waals surface area (Å²) in [7, 11) is 0. The fourth-order valence-electron chi connectivity index (χ4n) is 5.59. The first-order valence-corrected chi connectivity index (χ1v) is 13.6. The molecule has 214 valence electrons. The van der Waals surface area contributed by atoms with Gasteiger partial charge >= 0.3 is 6.18 Å². The number of anilines is 3. The van der Waals surface area contributed by atoms with Gasteiger partial charge in [0.2, 0.25) is 0 Å². The van der Waals surface area contributed by atoms with Crippen molar-refractivity contribution in [1.29, 1.82) is 0 Å². The van der Waals surface area contributed by atoms with E-state index in [2.05, 4.69) is 9.97 Å². The SMILES string of the molecule is Nc1nccn2c([C@@H]3CCC[C@@H](N)C3)nc(-c3ccc(C(=O)N(c4ccccc4)c4cc(C(F)(F)F)ccn4)cc3)c12. The third-order valence-corrected chi connectivity index (χ3v) is 7.61. The van der Waals surface area contributed by atoms with Crippen LogP contribution in [-0.4, -0.2) is 31.3 Å². The molecule has 1 saturated carbocycles. The van der Waals surface area contributed by atoms with Crippen LogP contribution in [0.15, 0.2) is 85.3 Å². The zero-order chi connectivity index (χ0) is 29.4. The van der Waals surface area contributed by atoms with Gasteiger partial charge < -0.3 is 11.5 Å². The molecule has 5 aromatic rings. The Morgan fingerprint density at radius 1 is 0.976 bits per heavy atom. The standard InChI is InChI=1S/C31H28F3N7O/c32-31(33,34)22-13-14-37-25(18-22)41(24-7-2-1-3-8-24)30(42)20-11-9-19(10-12-20)26-27-28(36)38-15-16-40(27)29(39-26)21-5-4-6-23(35)17-21/h1-3,7-16,18,21,23H,4-6,17,35H2,(H2,36,38)/t21-,23-/m1/s1. The molecule has 4 N–H and O–H groups in total. The van der Waals surface area contributed by atoms with Crippen LogP contribution in [0.3, 0.4) is 0 Å². The van der Waals surface area contributed by atoms with Crippen LogP contribution < -0.4 is 16.4 Å². The van der Waals surface area contributed by atoms with Gasteiger partial charge in [-0.05, 0) is 55.7 Å². The molecule has 42 heavy (non-hydrogen) atoms. The van der Waals surface area contributed by atoms with Crippen LogP contribution in [0.4, 0.5) is 30.5 Å². The number of imidazole rings is 1. The van der Waals surface area contributed by atoms with Crippen LogP contribution in [0.2, 0.25) is 0 Å². The molecule has 2 aromatic carbocycles. The molecule has 1 aliphatic carbocycles. The van der Waals surface area contributed by atoms with E-state index in [1.54, 1.807) is 60.8 Å². The third-order valence-electron chi connectivity index (χ3n) is 7.61. The quantitative estimate of drug-likeness (QED) is 0.254. The minimum absolute atomic E-state index is 0.114. The van der Waals surface area contributed by atoms with Crippen molar-refractivity contribution in [2.75, 3.05) is 10.6 Å². The molecule has 3 heterocycles. The molecular formula is C31H28F3N7O. The fraction of sp³-hybridized carbons (Fsp3) is 0.226. The van der Waals surface area contributed by atoms with Gasteiger partial charge in [0.1, 0.15) is 28.7 Å². The molecule has 6 rings (SSSR count). The Kier molecular flexibility index (Phi) is 7.11. The summed E-state index contributed by atoms with van der Waals surface area (Å²) >= 11 is 0. The van der Waals surface area contributed by atoms with Crippen LogP contribution >= 0.6 is 0 Å². The maximum absolute atomic E-state index is 13.8. The number of alkyl halides is 3. The predicted octanol–water partition coefficient (Wildman–Crippen LogP) is 6.36. The van der Waals surface area contributed by atoms with Gasteiger partial charge in [-0.1, -0.05) is 36.8 Å². The number of fused-ring (bicyclic) bond motifs is 1. The maximum Gasteiger partial charge on any atom is 0.416 e. The van der Waals surface area contributed by atoms with Gasteiger partial charge in [0.25, 0.3) is 5.91 Å². The number of hydrogen-bond donors (Lipinski definition) is 2. The number of para-hydroxylation sites is 1. The zero-order valence-corrected chi connectivity index (χ0v) is 22.5. The van der Waals surface area contributed by atoms with E-state index in [0.717, 1.165) is 55.4 Å². The monoisotopic (exact) mass is 571 g/mol. The Hall–Kier alpha value is -4.77. The lowest BCUT2D eigenvalue weighted by Gasteiger charge is -2.25. The molecule has 1 aliphatic rings. The summed E-state index contributed by atoms with van der Waals surface area (Å²) in [5.41, 5.74) is 14.3. The summed E-state index contributed by atoms with van der Waals surface area (Å²) in [6, 6.07) is 17.0. The highest BCUT2D eigenvalue weighted by Gasteiger charge is 2.32. The van der Waals surface area contributed by atoms with Gasteiger partial charge in [-0.25, -0.2) is 15.0 Å². The number of benzene rings is 2. The summed E-state index contributed by atoms with van der Waals surface area (Å²) < 4.78 is 42.4. The molecule has 11 heteroatoms. The Balaban J connectivity index is 1.38. The van der Waals surface area contributed by atoms with Gasteiger partial charge in [-0.3, -0.25) is 14.1 Å². The van der Waals surface area contributed by atoms with Crippen LogP contribution in [0, 0.1) is 0 Å². The van der Waals surface area contributed by atoms with E-state index in [4.69, 9.17) is 16.5 Å². The van der Waals surface area contributed by atoms with Gasteiger partial charge in [0, 0.05) is 41.7 Å². The molecule has 1 fully saturated rings. The van der Waals surface area contributed by atoms with Crippen LogP contribution in [-0.2, 0) is 6.18 Å². The third kappa shape index (κ3) is 5.18. The van der Waals surface area contributed by atoms with Crippen molar-refractivity contribution in [2.24, 2.45) is 5.73 Å². The van der Waals surface area contributed by atoms with Crippen molar-refractivity contribution < 1.29 is 18.0 Å². The van der Waals surface area contributed by atoms with Gasteiger partial charge in [0.05, 0.1) is 11.3 Å². The maximum atomic E-state index is 13.8. The topological polar surface area (TPSA) is 115 Å². The molecule has 0 bridgehead atoms. The second-order valence-electron chi connectivity index (χ2n) is 10.4. The molecule has 8 nitrogen and oxygen atoms in total. The zero-order valence-electron chi connectivity index (χ0n) is 22.5. The van der Waals surface area contributed by atoms with Gasteiger partial charge in [0.15, 0.2) is 0 Å². The highest BCUT2D eigenvalue weighted by Crippen LogP contribution is 2.37. The lowest BCUT2D eigenvalue weighted by molar-refractivity contribution is -0.137. The van der Waals surface area contributed by atoms with Crippen molar-refractivity contribution in [3.8, 4) is 11.3 Å². The smallest absolute Gasteiger partial charge is 0.382 e. The predicted molar refractivity (Wildman–Crippen MR) is 154 cm³/mol. The largest absolute Gasteiger partial charge is 0.416 e. The second-order valence-corrected chi connectivity index (χ2v) is 10.4. The van der Waals surface area contributed by atoms with E-state index in [1.807, 2.05) is 10.6 Å². The Morgan fingerprint density at radius 2 is 1.74 bits per heavy atom. The number of carbonyl (C=O) groups is 1. The number of hydrogen-bond acceptors (Lipinski definition) is 6. The van der Waals surface area contributed by atoms with Gasteiger partial charge in [-0.2, -0.15) is 13.2 Å². The molecule has 2 atom stereocenters. The molecule has 0 aliphatic heterocycles. The molecule has 3 aromatic heterocycles. The van der Waals surface area contributed by atoms with E-state index in [-0.39, 0.29) is 23.3 Å². The molecule has 0 unspecified atom stereocenters.